The first-order valence-corrected chi connectivity index (χ1v) is 8.94. The van der Waals surface area contributed by atoms with Crippen LogP contribution in [-0.4, -0.2) is 18.5 Å². The molecule has 134 valence electrons. The Labute approximate surface area is 153 Å². The predicted molar refractivity (Wildman–Crippen MR) is 102 cm³/mol. The third-order valence-electron chi connectivity index (χ3n) is 4.43. The van der Waals surface area contributed by atoms with Gasteiger partial charge in [-0.1, -0.05) is 60.7 Å². The van der Waals surface area contributed by atoms with E-state index in [2.05, 4.69) is 23.5 Å². The van der Waals surface area contributed by atoms with Crippen molar-refractivity contribution in [3.05, 3.63) is 77.9 Å². The molecule has 1 aliphatic carbocycles. The molecule has 4 nitrogen and oxygen atoms in total. The summed E-state index contributed by atoms with van der Waals surface area (Å²) >= 11 is 0. The SMILES string of the molecule is O=C(COC(=O)C[C@@H]1C=CCC1)Nc1ccccc1Cc1ccccc1. The molecule has 1 N–H and O–H groups in total. The summed E-state index contributed by atoms with van der Waals surface area (Å²) in [6.45, 7) is -0.255. The Morgan fingerprint density at radius 2 is 1.81 bits per heavy atom. The van der Waals surface area contributed by atoms with Gasteiger partial charge in [-0.25, -0.2) is 0 Å². The number of para-hydroxylation sites is 1. The molecule has 4 heteroatoms. The second-order valence-electron chi connectivity index (χ2n) is 6.50. The molecule has 1 atom stereocenters. The van der Waals surface area contributed by atoms with E-state index < -0.39 is 0 Å². The number of ether oxygens (including phenoxy) is 1. The monoisotopic (exact) mass is 349 g/mol. The minimum Gasteiger partial charge on any atom is -0.456 e. The second-order valence-corrected chi connectivity index (χ2v) is 6.50. The zero-order valence-corrected chi connectivity index (χ0v) is 14.7. The van der Waals surface area contributed by atoms with Crippen LogP contribution in [0.15, 0.2) is 66.7 Å². The summed E-state index contributed by atoms with van der Waals surface area (Å²) in [6, 6.07) is 17.8. The molecule has 0 saturated heterocycles. The van der Waals surface area contributed by atoms with Gasteiger partial charge in [-0.2, -0.15) is 0 Å². The van der Waals surface area contributed by atoms with Crippen LogP contribution >= 0.6 is 0 Å². The lowest BCUT2D eigenvalue weighted by Crippen LogP contribution is -2.22. The number of rotatable bonds is 7. The highest BCUT2D eigenvalue weighted by atomic mass is 16.5. The summed E-state index contributed by atoms with van der Waals surface area (Å²) in [7, 11) is 0. The standard InChI is InChI=1S/C22H23NO3/c24-21(16-26-22(25)15-18-10-4-5-11-18)23-20-13-7-6-12-19(20)14-17-8-2-1-3-9-17/h1-4,6-10,12-13,18H,5,11,14-16H2,(H,23,24)/t18-/m1/s1. The third kappa shape index (κ3) is 5.31. The van der Waals surface area contributed by atoms with Gasteiger partial charge < -0.3 is 10.1 Å². The van der Waals surface area contributed by atoms with E-state index in [0.717, 1.165) is 30.5 Å². The smallest absolute Gasteiger partial charge is 0.306 e. The number of nitrogens with one attached hydrogen (secondary N) is 1. The van der Waals surface area contributed by atoms with Gasteiger partial charge in [0.15, 0.2) is 6.61 Å². The zero-order valence-electron chi connectivity index (χ0n) is 14.7. The second kappa shape index (κ2) is 8.99. The summed E-state index contributed by atoms with van der Waals surface area (Å²) < 4.78 is 5.11. The van der Waals surface area contributed by atoms with E-state index in [1.807, 2.05) is 48.5 Å². The van der Waals surface area contributed by atoms with Crippen LogP contribution in [0.4, 0.5) is 5.69 Å². The molecule has 0 aromatic heterocycles. The van der Waals surface area contributed by atoms with Crippen molar-refractivity contribution in [1.82, 2.24) is 0 Å². The molecule has 26 heavy (non-hydrogen) atoms. The number of benzene rings is 2. The molecule has 0 fully saturated rings. The van der Waals surface area contributed by atoms with Crippen molar-refractivity contribution in [1.29, 1.82) is 0 Å². The molecule has 0 heterocycles. The van der Waals surface area contributed by atoms with Gasteiger partial charge in [-0.15, -0.1) is 0 Å². The van der Waals surface area contributed by atoms with Crippen molar-refractivity contribution in [2.45, 2.75) is 25.7 Å². The average Bonchev–Trinajstić information content (AvgIpc) is 3.15. The lowest BCUT2D eigenvalue weighted by molar-refractivity contribution is -0.147. The predicted octanol–water partition coefficient (Wildman–Crippen LogP) is 4.12. The highest BCUT2D eigenvalue weighted by molar-refractivity contribution is 5.93. The molecule has 1 amide bonds. The van der Waals surface area contributed by atoms with Crippen LogP contribution in [-0.2, 0) is 20.7 Å². The Morgan fingerprint density at radius 1 is 1.04 bits per heavy atom. The van der Waals surface area contributed by atoms with Crippen LogP contribution in [0.3, 0.4) is 0 Å². The maximum Gasteiger partial charge on any atom is 0.306 e. The number of allylic oxidation sites excluding steroid dienone is 2. The summed E-state index contributed by atoms with van der Waals surface area (Å²) in [5, 5.41) is 2.85. The van der Waals surface area contributed by atoms with Crippen LogP contribution in [0.1, 0.15) is 30.4 Å². The van der Waals surface area contributed by atoms with Crippen molar-refractivity contribution in [3.8, 4) is 0 Å². The Bertz CT molecular complexity index is 783. The molecular formula is C22H23NO3. The van der Waals surface area contributed by atoms with Gasteiger partial charge in [0.1, 0.15) is 0 Å². The van der Waals surface area contributed by atoms with Gasteiger partial charge in [-0.3, -0.25) is 9.59 Å². The van der Waals surface area contributed by atoms with Crippen molar-refractivity contribution >= 4 is 17.6 Å². The summed E-state index contributed by atoms with van der Waals surface area (Å²) in [5.74, 6) is -0.396. The Balaban J connectivity index is 1.52. The van der Waals surface area contributed by atoms with Gasteiger partial charge in [0.25, 0.3) is 5.91 Å². The van der Waals surface area contributed by atoms with Gasteiger partial charge >= 0.3 is 5.97 Å². The fourth-order valence-corrected chi connectivity index (χ4v) is 3.08. The number of amides is 1. The van der Waals surface area contributed by atoms with Gasteiger partial charge in [0.2, 0.25) is 0 Å². The molecule has 0 bridgehead atoms. The molecule has 0 spiro atoms. The van der Waals surface area contributed by atoms with E-state index in [4.69, 9.17) is 4.74 Å². The van der Waals surface area contributed by atoms with Crippen LogP contribution in [0.2, 0.25) is 0 Å². The van der Waals surface area contributed by atoms with Gasteiger partial charge in [0.05, 0.1) is 6.42 Å². The topological polar surface area (TPSA) is 55.4 Å². The number of carbonyl (C=O) groups excluding carboxylic acids is 2. The Hall–Kier alpha value is -2.88. The number of esters is 1. The van der Waals surface area contributed by atoms with Gasteiger partial charge in [-0.05, 0) is 42.4 Å². The molecular weight excluding hydrogens is 326 g/mol. The van der Waals surface area contributed by atoms with Crippen molar-refractivity contribution < 1.29 is 14.3 Å². The van der Waals surface area contributed by atoms with Crippen molar-refractivity contribution in [2.24, 2.45) is 5.92 Å². The van der Waals surface area contributed by atoms with Crippen molar-refractivity contribution in [2.75, 3.05) is 11.9 Å². The number of hydrogen-bond donors (Lipinski definition) is 1. The maximum absolute atomic E-state index is 12.2. The van der Waals surface area contributed by atoms with Crippen molar-refractivity contribution in [3.63, 3.8) is 0 Å². The molecule has 0 saturated carbocycles. The summed E-state index contributed by atoms with van der Waals surface area (Å²) in [5.41, 5.74) is 2.94. The molecule has 1 aliphatic rings. The van der Waals surface area contributed by atoms with Crippen LogP contribution < -0.4 is 5.32 Å². The fourth-order valence-electron chi connectivity index (χ4n) is 3.08. The number of anilines is 1. The maximum atomic E-state index is 12.2. The molecule has 2 aromatic carbocycles. The largest absolute Gasteiger partial charge is 0.456 e. The quantitative estimate of drug-likeness (QED) is 0.604. The van der Waals surface area contributed by atoms with E-state index in [-0.39, 0.29) is 24.4 Å². The highest BCUT2D eigenvalue weighted by Gasteiger charge is 2.16. The summed E-state index contributed by atoms with van der Waals surface area (Å²) in [4.78, 5) is 24.0. The van der Waals surface area contributed by atoms with E-state index in [0.29, 0.717) is 6.42 Å². The molecule has 2 aromatic rings. The molecule has 0 aliphatic heterocycles. The van der Waals surface area contributed by atoms with E-state index in [1.165, 1.54) is 5.56 Å². The first kappa shape index (κ1) is 17.9. The van der Waals surface area contributed by atoms with Crippen LogP contribution in [0.5, 0.6) is 0 Å². The molecule has 0 radical (unpaired) electrons. The molecule has 3 rings (SSSR count). The fraction of sp³-hybridized carbons (Fsp3) is 0.273. The normalized spacial score (nSPS) is 15.6. The average molecular weight is 349 g/mol. The number of hydrogen-bond acceptors (Lipinski definition) is 3. The number of carbonyl (C=O) groups is 2. The van der Waals surface area contributed by atoms with Gasteiger partial charge in [0, 0.05) is 5.69 Å². The Kier molecular flexibility index (Phi) is 6.20. The highest BCUT2D eigenvalue weighted by Crippen LogP contribution is 2.21. The van der Waals surface area contributed by atoms with Crippen LogP contribution in [0, 0.1) is 5.92 Å². The van der Waals surface area contributed by atoms with E-state index >= 15 is 0 Å². The first-order valence-electron chi connectivity index (χ1n) is 8.94. The lowest BCUT2D eigenvalue weighted by atomic mass is 10.0. The van der Waals surface area contributed by atoms with E-state index in [1.54, 1.807) is 0 Å². The first-order chi connectivity index (χ1) is 12.7. The third-order valence-corrected chi connectivity index (χ3v) is 4.43. The summed E-state index contributed by atoms with van der Waals surface area (Å²) in [6.07, 6.45) is 7.18. The Morgan fingerprint density at radius 3 is 2.58 bits per heavy atom. The van der Waals surface area contributed by atoms with Crippen LogP contribution in [0.25, 0.3) is 0 Å². The molecule has 0 unspecified atom stereocenters. The zero-order chi connectivity index (χ0) is 18.2. The lowest BCUT2D eigenvalue weighted by Gasteiger charge is -2.12. The van der Waals surface area contributed by atoms with E-state index in [9.17, 15) is 9.59 Å². The minimum absolute atomic E-state index is 0.247. The minimum atomic E-state index is -0.325.